The Kier molecular flexibility index (Phi) is 2.69. The van der Waals surface area contributed by atoms with E-state index in [9.17, 15) is 5.11 Å². The second-order valence-electron chi connectivity index (χ2n) is 4.27. The molecule has 0 spiro atoms. The third kappa shape index (κ3) is 1.69. The fourth-order valence-corrected chi connectivity index (χ4v) is 1.88. The fraction of sp³-hybridized carbons (Fsp3) is 0.308. The lowest BCUT2D eigenvalue weighted by molar-refractivity contribution is 0.463. The second-order valence-corrected chi connectivity index (χ2v) is 4.27. The Morgan fingerprint density at radius 2 is 1.94 bits per heavy atom. The molecule has 1 aromatic heterocycles. The molecule has 16 heavy (non-hydrogen) atoms. The lowest BCUT2D eigenvalue weighted by Gasteiger charge is -2.12. The summed E-state index contributed by atoms with van der Waals surface area (Å²) in [5.41, 5.74) is 3.02. The van der Waals surface area contributed by atoms with Gasteiger partial charge in [0.05, 0.1) is 17.6 Å². The third-order valence-electron chi connectivity index (χ3n) is 2.68. The molecule has 0 saturated heterocycles. The second kappa shape index (κ2) is 4.00. The van der Waals surface area contributed by atoms with Gasteiger partial charge >= 0.3 is 0 Å². The van der Waals surface area contributed by atoms with Crippen LogP contribution in [-0.4, -0.2) is 14.9 Å². The van der Waals surface area contributed by atoms with Crippen molar-refractivity contribution in [3.05, 3.63) is 41.7 Å². The number of nitrogens with zero attached hydrogens (tertiary/aromatic N) is 2. The van der Waals surface area contributed by atoms with Crippen LogP contribution in [-0.2, 0) is 0 Å². The van der Waals surface area contributed by atoms with Gasteiger partial charge in [-0.15, -0.1) is 0 Å². The smallest absolute Gasteiger partial charge is 0.157 e. The molecule has 1 heterocycles. The zero-order valence-corrected chi connectivity index (χ0v) is 9.81. The first-order chi connectivity index (χ1) is 7.61. The van der Waals surface area contributed by atoms with E-state index < -0.39 is 0 Å². The van der Waals surface area contributed by atoms with E-state index in [1.807, 2.05) is 49.7 Å². The van der Waals surface area contributed by atoms with Gasteiger partial charge in [-0.25, -0.2) is 4.68 Å². The lowest BCUT2D eigenvalue weighted by Crippen LogP contribution is -2.05. The first kappa shape index (κ1) is 10.7. The maximum atomic E-state index is 9.77. The molecular weight excluding hydrogens is 200 g/mol. The molecule has 0 radical (unpaired) electrons. The molecule has 0 aliphatic rings. The number of hydrogen-bond donors (Lipinski definition) is 1. The Morgan fingerprint density at radius 1 is 1.25 bits per heavy atom. The Labute approximate surface area is 95.3 Å². The van der Waals surface area contributed by atoms with Gasteiger partial charge in [0.2, 0.25) is 0 Å². The molecule has 1 aromatic carbocycles. The first-order valence-corrected chi connectivity index (χ1v) is 5.44. The van der Waals surface area contributed by atoms with Crippen LogP contribution in [0.15, 0.2) is 30.5 Å². The van der Waals surface area contributed by atoms with Crippen LogP contribution in [0.2, 0.25) is 0 Å². The summed E-state index contributed by atoms with van der Waals surface area (Å²) in [5, 5.41) is 14.0. The number of aromatic hydroxyl groups is 1. The van der Waals surface area contributed by atoms with E-state index in [4.69, 9.17) is 0 Å². The molecule has 0 unspecified atom stereocenters. The molecule has 0 atom stereocenters. The van der Waals surface area contributed by atoms with Gasteiger partial charge in [0, 0.05) is 0 Å². The Bertz CT molecular complexity index is 500. The summed E-state index contributed by atoms with van der Waals surface area (Å²) >= 11 is 0. The molecular formula is C13H16N2O. The molecule has 0 aliphatic carbocycles. The molecule has 3 heteroatoms. The lowest BCUT2D eigenvalue weighted by atomic mass is 10.1. The fourth-order valence-electron chi connectivity index (χ4n) is 1.88. The van der Waals surface area contributed by atoms with Gasteiger partial charge in [0.25, 0.3) is 0 Å². The number of rotatable bonds is 2. The third-order valence-corrected chi connectivity index (χ3v) is 2.68. The van der Waals surface area contributed by atoms with Crippen molar-refractivity contribution in [2.45, 2.75) is 26.7 Å². The van der Waals surface area contributed by atoms with Gasteiger partial charge in [-0.05, 0) is 24.5 Å². The van der Waals surface area contributed by atoms with Gasteiger partial charge in [-0.2, -0.15) is 5.10 Å². The van der Waals surface area contributed by atoms with Gasteiger partial charge in [0.1, 0.15) is 0 Å². The Balaban J connectivity index is 2.61. The summed E-state index contributed by atoms with van der Waals surface area (Å²) in [5.74, 6) is 0.500. The van der Waals surface area contributed by atoms with Crippen molar-refractivity contribution in [3.63, 3.8) is 0 Å². The van der Waals surface area contributed by atoms with Crippen LogP contribution in [0.3, 0.4) is 0 Å². The minimum atomic E-state index is 0.238. The number of aromatic nitrogens is 2. The number of hydrogen-bond acceptors (Lipinski definition) is 2. The number of para-hydroxylation sites is 1. The zero-order chi connectivity index (χ0) is 11.7. The van der Waals surface area contributed by atoms with Crippen molar-refractivity contribution < 1.29 is 5.11 Å². The van der Waals surface area contributed by atoms with Crippen LogP contribution in [0, 0.1) is 6.92 Å². The van der Waals surface area contributed by atoms with Crippen LogP contribution in [0.1, 0.15) is 31.0 Å². The van der Waals surface area contributed by atoms with E-state index in [2.05, 4.69) is 5.10 Å². The van der Waals surface area contributed by atoms with Crippen molar-refractivity contribution >= 4 is 0 Å². The molecule has 0 fully saturated rings. The van der Waals surface area contributed by atoms with Crippen molar-refractivity contribution in [2.24, 2.45) is 0 Å². The maximum absolute atomic E-state index is 9.77. The summed E-state index contributed by atoms with van der Waals surface area (Å²) in [7, 11) is 0. The van der Waals surface area contributed by atoms with E-state index >= 15 is 0 Å². The van der Waals surface area contributed by atoms with Crippen LogP contribution >= 0.6 is 0 Å². The summed E-state index contributed by atoms with van der Waals surface area (Å²) in [6.45, 7) is 6.13. The van der Waals surface area contributed by atoms with Gasteiger partial charge in [-0.1, -0.05) is 32.0 Å². The van der Waals surface area contributed by atoms with Gasteiger partial charge in [0.15, 0.2) is 5.75 Å². The van der Waals surface area contributed by atoms with Crippen molar-refractivity contribution in [1.82, 2.24) is 9.78 Å². The molecule has 84 valence electrons. The average Bonchev–Trinajstić information content (AvgIpc) is 2.61. The molecule has 2 aromatic rings. The Hall–Kier alpha value is -1.77. The SMILES string of the molecule is Cc1ccccc1-n1ncc(O)c1C(C)C. The Morgan fingerprint density at radius 3 is 2.56 bits per heavy atom. The standard InChI is InChI=1S/C13H16N2O/c1-9(2)13-12(16)8-14-15(13)11-7-5-4-6-10(11)3/h4-9,16H,1-3H3. The minimum Gasteiger partial charge on any atom is -0.504 e. The highest BCUT2D eigenvalue weighted by atomic mass is 16.3. The molecule has 1 N–H and O–H groups in total. The predicted molar refractivity (Wildman–Crippen MR) is 64.1 cm³/mol. The zero-order valence-electron chi connectivity index (χ0n) is 9.81. The molecule has 0 bridgehead atoms. The molecule has 0 saturated carbocycles. The van der Waals surface area contributed by atoms with Crippen LogP contribution in [0.4, 0.5) is 0 Å². The van der Waals surface area contributed by atoms with Crippen LogP contribution in [0.25, 0.3) is 5.69 Å². The topological polar surface area (TPSA) is 38.0 Å². The van der Waals surface area contributed by atoms with E-state index in [1.165, 1.54) is 6.20 Å². The minimum absolute atomic E-state index is 0.238. The van der Waals surface area contributed by atoms with Crippen molar-refractivity contribution in [3.8, 4) is 11.4 Å². The largest absolute Gasteiger partial charge is 0.504 e. The highest BCUT2D eigenvalue weighted by Gasteiger charge is 2.15. The van der Waals surface area contributed by atoms with Gasteiger partial charge in [-0.3, -0.25) is 0 Å². The summed E-state index contributed by atoms with van der Waals surface area (Å²) < 4.78 is 1.81. The monoisotopic (exact) mass is 216 g/mol. The van der Waals surface area contributed by atoms with Crippen molar-refractivity contribution in [1.29, 1.82) is 0 Å². The van der Waals surface area contributed by atoms with Crippen LogP contribution in [0.5, 0.6) is 5.75 Å². The summed E-state index contributed by atoms with van der Waals surface area (Å²) in [4.78, 5) is 0. The highest BCUT2D eigenvalue weighted by molar-refractivity contribution is 5.43. The maximum Gasteiger partial charge on any atom is 0.157 e. The summed E-state index contributed by atoms with van der Waals surface area (Å²) in [6, 6.07) is 8.02. The highest BCUT2D eigenvalue weighted by Crippen LogP contribution is 2.28. The predicted octanol–water partition coefficient (Wildman–Crippen LogP) is 3.01. The van der Waals surface area contributed by atoms with E-state index in [1.54, 1.807) is 0 Å². The molecule has 0 aliphatic heterocycles. The molecule has 0 amide bonds. The van der Waals surface area contributed by atoms with E-state index in [0.717, 1.165) is 16.9 Å². The van der Waals surface area contributed by atoms with E-state index in [0.29, 0.717) is 0 Å². The van der Waals surface area contributed by atoms with Crippen LogP contribution < -0.4 is 0 Å². The first-order valence-electron chi connectivity index (χ1n) is 5.44. The number of benzene rings is 1. The quantitative estimate of drug-likeness (QED) is 0.838. The average molecular weight is 216 g/mol. The number of aryl methyl sites for hydroxylation is 1. The van der Waals surface area contributed by atoms with Gasteiger partial charge < -0.3 is 5.11 Å². The van der Waals surface area contributed by atoms with E-state index in [-0.39, 0.29) is 11.7 Å². The van der Waals surface area contributed by atoms with Crippen molar-refractivity contribution in [2.75, 3.05) is 0 Å². The molecule has 2 rings (SSSR count). The normalized spacial score (nSPS) is 11.0. The molecule has 3 nitrogen and oxygen atoms in total. The summed E-state index contributed by atoms with van der Waals surface area (Å²) in [6.07, 6.45) is 1.50.